The van der Waals surface area contributed by atoms with Crippen molar-refractivity contribution in [3.63, 3.8) is 0 Å². The largest absolute Gasteiger partial charge is 0.353 e. The third-order valence-electron chi connectivity index (χ3n) is 5.89. The molecular formula is C24H29N3O2. The van der Waals surface area contributed by atoms with Crippen molar-refractivity contribution in [3.05, 3.63) is 71.8 Å². The van der Waals surface area contributed by atoms with Gasteiger partial charge in [-0.1, -0.05) is 48.5 Å². The molecule has 1 saturated carbocycles. The van der Waals surface area contributed by atoms with Crippen LogP contribution in [0.15, 0.2) is 60.7 Å². The van der Waals surface area contributed by atoms with E-state index in [2.05, 4.69) is 15.5 Å². The summed E-state index contributed by atoms with van der Waals surface area (Å²) < 4.78 is 0. The van der Waals surface area contributed by atoms with E-state index in [4.69, 9.17) is 0 Å². The topological polar surface area (TPSA) is 61.4 Å². The molecule has 0 bridgehead atoms. The highest BCUT2D eigenvalue weighted by Gasteiger charge is 2.32. The van der Waals surface area contributed by atoms with Crippen LogP contribution in [0.25, 0.3) is 0 Å². The van der Waals surface area contributed by atoms with Gasteiger partial charge in [0.15, 0.2) is 0 Å². The molecule has 2 aliphatic rings. The van der Waals surface area contributed by atoms with E-state index in [0.29, 0.717) is 5.56 Å². The van der Waals surface area contributed by atoms with Gasteiger partial charge < -0.3 is 15.5 Å². The van der Waals surface area contributed by atoms with Crippen LogP contribution >= 0.6 is 0 Å². The quantitative estimate of drug-likeness (QED) is 0.761. The summed E-state index contributed by atoms with van der Waals surface area (Å²) >= 11 is 0. The Morgan fingerprint density at radius 3 is 2.14 bits per heavy atom. The van der Waals surface area contributed by atoms with E-state index < -0.39 is 0 Å². The first-order valence-corrected chi connectivity index (χ1v) is 10.6. The summed E-state index contributed by atoms with van der Waals surface area (Å²) in [6, 6.07) is 19.5. The van der Waals surface area contributed by atoms with Gasteiger partial charge in [0.1, 0.15) is 0 Å². The lowest BCUT2D eigenvalue weighted by atomic mass is 10.0. The second-order valence-electron chi connectivity index (χ2n) is 8.12. The van der Waals surface area contributed by atoms with Crippen LogP contribution in [-0.4, -0.2) is 41.9 Å². The van der Waals surface area contributed by atoms with Crippen LogP contribution in [0.1, 0.15) is 54.1 Å². The highest BCUT2D eigenvalue weighted by atomic mass is 16.2. The molecule has 29 heavy (non-hydrogen) atoms. The maximum Gasteiger partial charge on any atom is 0.251 e. The highest BCUT2D eigenvalue weighted by molar-refractivity contribution is 5.94. The number of carbonyl (C=O) groups excluding carboxylic acids is 2. The summed E-state index contributed by atoms with van der Waals surface area (Å²) in [5.41, 5.74) is 1.54. The smallest absolute Gasteiger partial charge is 0.251 e. The maximum atomic E-state index is 12.8. The Hall–Kier alpha value is -2.66. The summed E-state index contributed by atoms with van der Waals surface area (Å²) in [7, 11) is 0. The summed E-state index contributed by atoms with van der Waals surface area (Å²) in [4.78, 5) is 28.0. The first kappa shape index (κ1) is 19.6. The normalized spacial score (nSPS) is 18.8. The van der Waals surface area contributed by atoms with Crippen LogP contribution in [0, 0.1) is 0 Å². The fourth-order valence-electron chi connectivity index (χ4n) is 4.09. The Bertz CT molecular complexity index is 813. The minimum atomic E-state index is -0.351. The monoisotopic (exact) mass is 391 g/mol. The van der Waals surface area contributed by atoms with E-state index in [1.165, 1.54) is 12.8 Å². The molecule has 2 aromatic carbocycles. The molecule has 0 aromatic heterocycles. The number of hydrogen-bond acceptors (Lipinski definition) is 3. The van der Waals surface area contributed by atoms with E-state index in [1.807, 2.05) is 48.5 Å². The van der Waals surface area contributed by atoms with Crippen molar-refractivity contribution < 1.29 is 9.59 Å². The molecule has 1 heterocycles. The van der Waals surface area contributed by atoms with Crippen LogP contribution in [0.5, 0.6) is 0 Å². The third kappa shape index (κ3) is 5.45. The molecule has 2 N–H and O–H groups in total. The first-order chi connectivity index (χ1) is 14.2. The summed E-state index contributed by atoms with van der Waals surface area (Å²) in [5, 5.41) is 6.24. The fourth-order valence-corrected chi connectivity index (χ4v) is 4.09. The predicted octanol–water partition coefficient (Wildman–Crippen LogP) is 3.29. The van der Waals surface area contributed by atoms with Gasteiger partial charge in [-0.3, -0.25) is 9.59 Å². The Kier molecular flexibility index (Phi) is 6.25. The lowest BCUT2D eigenvalue weighted by molar-refractivity contribution is -0.122. The molecule has 1 aliphatic heterocycles. The number of benzene rings is 2. The van der Waals surface area contributed by atoms with Crippen molar-refractivity contribution >= 4 is 11.8 Å². The number of nitrogens with one attached hydrogen (secondary N) is 2. The average Bonchev–Trinajstić information content (AvgIpc) is 3.60. The molecule has 5 nitrogen and oxygen atoms in total. The number of rotatable bonds is 7. The first-order valence-electron chi connectivity index (χ1n) is 10.6. The number of hydrogen-bond donors (Lipinski definition) is 2. The molecule has 1 aliphatic carbocycles. The van der Waals surface area contributed by atoms with E-state index in [-0.39, 0.29) is 30.3 Å². The zero-order valence-electron chi connectivity index (χ0n) is 16.7. The lowest BCUT2D eigenvalue weighted by Crippen LogP contribution is -2.46. The Morgan fingerprint density at radius 2 is 1.52 bits per heavy atom. The third-order valence-corrected chi connectivity index (χ3v) is 5.89. The molecule has 4 rings (SSSR count). The predicted molar refractivity (Wildman–Crippen MR) is 113 cm³/mol. The van der Waals surface area contributed by atoms with Crippen LogP contribution in [0.3, 0.4) is 0 Å². The van der Waals surface area contributed by atoms with Crippen molar-refractivity contribution in [1.82, 2.24) is 15.5 Å². The summed E-state index contributed by atoms with van der Waals surface area (Å²) in [6.45, 7) is 2.14. The molecular weight excluding hydrogens is 362 g/mol. The molecule has 2 amide bonds. The molecule has 0 radical (unpaired) electrons. The van der Waals surface area contributed by atoms with Gasteiger partial charge in [0, 0.05) is 30.7 Å². The van der Waals surface area contributed by atoms with Gasteiger partial charge in [-0.2, -0.15) is 0 Å². The van der Waals surface area contributed by atoms with Crippen molar-refractivity contribution in [1.29, 1.82) is 0 Å². The van der Waals surface area contributed by atoms with Crippen LogP contribution in [-0.2, 0) is 4.79 Å². The van der Waals surface area contributed by atoms with Crippen molar-refractivity contribution in [2.45, 2.75) is 50.2 Å². The van der Waals surface area contributed by atoms with Gasteiger partial charge in [0.2, 0.25) is 5.91 Å². The van der Waals surface area contributed by atoms with Gasteiger partial charge in [-0.15, -0.1) is 0 Å². The Morgan fingerprint density at radius 1 is 0.897 bits per heavy atom. The number of nitrogens with zero attached hydrogens (tertiary/aromatic N) is 1. The van der Waals surface area contributed by atoms with Gasteiger partial charge in [-0.25, -0.2) is 0 Å². The van der Waals surface area contributed by atoms with Crippen LogP contribution < -0.4 is 10.6 Å². The standard InChI is InChI=1S/C24H29N3O2/c28-23(25-20-13-15-27(16-14-20)21-11-12-21)17-22(18-7-3-1-4-8-18)26-24(29)19-9-5-2-6-10-19/h1-10,20-22H,11-17H2,(H,25,28)(H,26,29). The molecule has 0 spiro atoms. The number of amides is 2. The minimum absolute atomic E-state index is 0.00270. The zero-order chi connectivity index (χ0) is 20.1. The van der Waals surface area contributed by atoms with Gasteiger partial charge in [-0.05, 0) is 43.4 Å². The molecule has 1 unspecified atom stereocenters. The molecule has 5 heteroatoms. The number of piperidine rings is 1. The van der Waals surface area contributed by atoms with Crippen LogP contribution in [0.2, 0.25) is 0 Å². The van der Waals surface area contributed by atoms with Gasteiger partial charge in [0.05, 0.1) is 12.5 Å². The summed E-state index contributed by atoms with van der Waals surface area (Å²) in [6.07, 6.45) is 4.92. The fraction of sp³-hybridized carbons (Fsp3) is 0.417. The number of carbonyl (C=O) groups is 2. The van der Waals surface area contributed by atoms with E-state index in [9.17, 15) is 9.59 Å². The lowest BCUT2D eigenvalue weighted by Gasteiger charge is -2.32. The number of likely N-dealkylation sites (tertiary alicyclic amines) is 1. The summed E-state index contributed by atoms with van der Waals surface area (Å²) in [5.74, 6) is -0.165. The Labute approximate surface area is 172 Å². The SMILES string of the molecule is O=C(CC(NC(=O)c1ccccc1)c1ccccc1)NC1CCN(C2CC2)CC1. The molecule has 1 saturated heterocycles. The van der Waals surface area contributed by atoms with Crippen LogP contribution in [0.4, 0.5) is 0 Å². The molecule has 2 fully saturated rings. The zero-order valence-corrected chi connectivity index (χ0v) is 16.7. The van der Waals surface area contributed by atoms with Crippen molar-refractivity contribution in [2.24, 2.45) is 0 Å². The molecule has 2 aromatic rings. The van der Waals surface area contributed by atoms with E-state index in [1.54, 1.807) is 12.1 Å². The second kappa shape index (κ2) is 9.23. The van der Waals surface area contributed by atoms with Gasteiger partial charge in [0.25, 0.3) is 5.91 Å². The van der Waals surface area contributed by atoms with Crippen molar-refractivity contribution in [2.75, 3.05) is 13.1 Å². The molecule has 152 valence electrons. The van der Waals surface area contributed by atoms with Gasteiger partial charge >= 0.3 is 0 Å². The van der Waals surface area contributed by atoms with Crippen molar-refractivity contribution in [3.8, 4) is 0 Å². The molecule has 1 atom stereocenters. The maximum absolute atomic E-state index is 12.8. The van der Waals surface area contributed by atoms with E-state index >= 15 is 0 Å². The second-order valence-corrected chi connectivity index (χ2v) is 8.12. The average molecular weight is 392 g/mol. The minimum Gasteiger partial charge on any atom is -0.353 e. The van der Waals surface area contributed by atoms with E-state index in [0.717, 1.165) is 37.5 Å². The highest BCUT2D eigenvalue weighted by Crippen LogP contribution is 2.29. The Balaban J connectivity index is 1.36.